The predicted octanol–water partition coefficient (Wildman–Crippen LogP) is 3.62. The molecule has 30 heavy (non-hydrogen) atoms. The van der Waals surface area contributed by atoms with E-state index >= 15 is 0 Å². The Morgan fingerprint density at radius 1 is 1.17 bits per heavy atom. The van der Waals surface area contributed by atoms with E-state index in [-0.39, 0.29) is 16.8 Å². The molecule has 0 spiro atoms. The molecule has 1 aromatic heterocycles. The smallest absolute Gasteiger partial charge is 0.127 e. The number of rotatable bonds is 4. The third-order valence-electron chi connectivity index (χ3n) is 6.71. The van der Waals surface area contributed by atoms with Crippen LogP contribution in [0.5, 0.6) is 5.75 Å². The molecule has 1 aromatic carbocycles. The molecule has 1 aliphatic rings. The number of hydrogen-bond donors (Lipinski definition) is 3. The van der Waals surface area contributed by atoms with Crippen LogP contribution >= 0.6 is 0 Å². The van der Waals surface area contributed by atoms with Crippen LogP contribution in [0, 0.1) is 0 Å². The molecule has 0 atom stereocenters. The zero-order chi connectivity index (χ0) is 22.3. The molecule has 0 unspecified atom stereocenters. The van der Waals surface area contributed by atoms with Crippen LogP contribution in [-0.2, 0) is 0 Å². The van der Waals surface area contributed by atoms with Gasteiger partial charge < -0.3 is 21.5 Å². The molecular weight excluding hydrogens is 374 g/mol. The van der Waals surface area contributed by atoms with Crippen molar-refractivity contribution >= 4 is 16.6 Å². The molecule has 162 valence electrons. The average molecular weight is 410 g/mol. The van der Waals surface area contributed by atoms with Gasteiger partial charge in [-0.15, -0.1) is 0 Å². The minimum Gasteiger partial charge on any atom is -0.507 e. The van der Waals surface area contributed by atoms with Crippen LogP contribution in [0.2, 0.25) is 0 Å². The fourth-order valence-electron chi connectivity index (χ4n) is 4.53. The highest BCUT2D eigenvalue weighted by Crippen LogP contribution is 2.39. The first kappa shape index (κ1) is 22.0. The quantitative estimate of drug-likeness (QED) is 0.668. The summed E-state index contributed by atoms with van der Waals surface area (Å²) in [4.78, 5) is 8.86. The Morgan fingerprint density at radius 2 is 1.80 bits per heavy atom. The van der Waals surface area contributed by atoms with Crippen LogP contribution in [0.25, 0.3) is 16.6 Å². The van der Waals surface area contributed by atoms with Crippen molar-refractivity contribution in [2.24, 2.45) is 11.5 Å². The summed E-state index contributed by atoms with van der Waals surface area (Å²) in [6.07, 6.45) is 7.33. The number of piperidine rings is 1. The van der Waals surface area contributed by atoms with Gasteiger partial charge in [-0.05, 0) is 71.9 Å². The molecule has 0 aliphatic carbocycles. The van der Waals surface area contributed by atoms with E-state index in [0.29, 0.717) is 23.1 Å². The molecule has 6 heteroatoms. The van der Waals surface area contributed by atoms with Crippen LogP contribution < -0.4 is 11.5 Å². The number of phenols is 1. The van der Waals surface area contributed by atoms with Crippen molar-refractivity contribution in [1.82, 2.24) is 14.8 Å². The third-order valence-corrected chi connectivity index (χ3v) is 6.71. The standard InChI is InChI=1S/C24H35N5O/c1-23(2)14-17(15-24(3,4)29(23)6)28(5)22(26)10-9-19(25)18-12-16-8-7-11-27-20(16)13-21(18)30/h7-13,17,30H,14-15,25-26H2,1-6H3/b19-9-,22-10+. The lowest BCUT2D eigenvalue weighted by Crippen LogP contribution is -2.62. The Balaban J connectivity index is 1.83. The van der Waals surface area contributed by atoms with Crippen molar-refractivity contribution in [3.05, 3.63) is 54.0 Å². The lowest BCUT2D eigenvalue weighted by atomic mass is 9.77. The van der Waals surface area contributed by atoms with Gasteiger partial charge in [0.25, 0.3) is 0 Å². The highest BCUT2D eigenvalue weighted by molar-refractivity contribution is 5.86. The van der Waals surface area contributed by atoms with Crippen LogP contribution in [-0.4, -0.2) is 51.1 Å². The molecule has 1 aliphatic heterocycles. The fourth-order valence-corrected chi connectivity index (χ4v) is 4.53. The summed E-state index contributed by atoms with van der Waals surface area (Å²) in [5.41, 5.74) is 14.6. The highest BCUT2D eigenvalue weighted by atomic mass is 16.3. The van der Waals surface area contributed by atoms with Crippen molar-refractivity contribution in [1.29, 1.82) is 0 Å². The van der Waals surface area contributed by atoms with Gasteiger partial charge in [0.05, 0.1) is 11.3 Å². The molecule has 2 aromatic rings. The van der Waals surface area contributed by atoms with Crippen LogP contribution in [0.1, 0.15) is 46.1 Å². The zero-order valence-electron chi connectivity index (χ0n) is 19.0. The number of hydrogen-bond acceptors (Lipinski definition) is 6. The summed E-state index contributed by atoms with van der Waals surface area (Å²) in [5, 5.41) is 11.3. The van der Waals surface area contributed by atoms with E-state index in [9.17, 15) is 5.11 Å². The number of aromatic nitrogens is 1. The fraction of sp³-hybridized carbons (Fsp3) is 0.458. The summed E-state index contributed by atoms with van der Waals surface area (Å²) in [5.74, 6) is 0.759. The van der Waals surface area contributed by atoms with Gasteiger partial charge in [0.1, 0.15) is 5.75 Å². The van der Waals surface area contributed by atoms with Crippen LogP contribution in [0.3, 0.4) is 0 Å². The van der Waals surface area contributed by atoms with E-state index < -0.39 is 0 Å². The molecule has 1 saturated heterocycles. The lowest BCUT2D eigenvalue weighted by molar-refractivity contribution is -0.0367. The number of fused-ring (bicyclic) bond motifs is 1. The second-order valence-corrected chi connectivity index (χ2v) is 9.64. The van der Waals surface area contributed by atoms with Crippen LogP contribution in [0.15, 0.2) is 48.4 Å². The van der Waals surface area contributed by atoms with Crippen molar-refractivity contribution in [3.63, 3.8) is 0 Å². The van der Waals surface area contributed by atoms with E-state index in [2.05, 4.69) is 49.5 Å². The maximum absolute atomic E-state index is 10.4. The number of pyridine rings is 1. The Bertz CT molecular complexity index is 974. The van der Waals surface area contributed by atoms with Crippen LogP contribution in [0.4, 0.5) is 0 Å². The Labute approximate surface area is 179 Å². The average Bonchev–Trinajstić information content (AvgIpc) is 2.68. The second kappa shape index (κ2) is 7.84. The summed E-state index contributed by atoms with van der Waals surface area (Å²) >= 11 is 0. The first-order valence-electron chi connectivity index (χ1n) is 10.4. The summed E-state index contributed by atoms with van der Waals surface area (Å²) in [6.45, 7) is 9.13. The Hall–Kier alpha value is -2.73. The number of nitrogens with zero attached hydrogens (tertiary/aromatic N) is 3. The number of phenolic OH excluding ortho intramolecular Hbond substituents is 1. The maximum atomic E-state index is 10.4. The number of aromatic hydroxyl groups is 1. The SMILES string of the molecule is CN(/C(N)=C/C=C(\N)c1cc2cccnc2cc1O)C1CC(C)(C)N(C)C(C)(C)C1. The molecule has 0 saturated carbocycles. The molecule has 3 rings (SSSR count). The first-order chi connectivity index (χ1) is 13.9. The molecule has 5 N–H and O–H groups in total. The van der Waals surface area contributed by atoms with E-state index in [1.807, 2.05) is 31.3 Å². The van der Waals surface area contributed by atoms with Gasteiger partial charge in [0.15, 0.2) is 0 Å². The number of allylic oxidation sites excluding steroid dienone is 2. The van der Waals surface area contributed by atoms with Crippen molar-refractivity contribution < 1.29 is 5.11 Å². The number of likely N-dealkylation sites (tertiary alicyclic amines) is 1. The largest absolute Gasteiger partial charge is 0.507 e. The van der Waals surface area contributed by atoms with Gasteiger partial charge in [-0.1, -0.05) is 6.07 Å². The van der Waals surface area contributed by atoms with E-state index in [1.54, 1.807) is 18.3 Å². The van der Waals surface area contributed by atoms with Crippen molar-refractivity contribution in [3.8, 4) is 5.75 Å². The highest BCUT2D eigenvalue weighted by Gasteiger charge is 2.44. The van der Waals surface area contributed by atoms with E-state index in [0.717, 1.165) is 23.7 Å². The predicted molar refractivity (Wildman–Crippen MR) is 125 cm³/mol. The van der Waals surface area contributed by atoms with Gasteiger partial charge >= 0.3 is 0 Å². The van der Waals surface area contributed by atoms with Crippen molar-refractivity contribution in [2.75, 3.05) is 14.1 Å². The molecule has 2 heterocycles. The van der Waals surface area contributed by atoms with Gasteiger partial charge in [0.2, 0.25) is 0 Å². The summed E-state index contributed by atoms with van der Waals surface area (Å²) in [7, 11) is 4.24. The number of benzene rings is 1. The molecule has 0 bridgehead atoms. The second-order valence-electron chi connectivity index (χ2n) is 9.64. The molecule has 0 radical (unpaired) electrons. The molecular formula is C24H35N5O. The molecule has 0 amide bonds. The zero-order valence-corrected chi connectivity index (χ0v) is 19.0. The van der Waals surface area contributed by atoms with Gasteiger partial charge in [-0.25, -0.2) is 0 Å². The van der Waals surface area contributed by atoms with Gasteiger partial charge in [-0.3, -0.25) is 9.88 Å². The monoisotopic (exact) mass is 409 g/mol. The normalized spacial score (nSPS) is 20.5. The first-order valence-corrected chi connectivity index (χ1v) is 10.4. The topological polar surface area (TPSA) is 91.6 Å². The Kier molecular flexibility index (Phi) is 5.74. The summed E-state index contributed by atoms with van der Waals surface area (Å²) < 4.78 is 0. The van der Waals surface area contributed by atoms with Gasteiger partial charge in [-0.2, -0.15) is 0 Å². The number of nitrogens with two attached hydrogens (primary N) is 2. The maximum Gasteiger partial charge on any atom is 0.127 e. The molecule has 1 fully saturated rings. The summed E-state index contributed by atoms with van der Waals surface area (Å²) in [6, 6.07) is 7.62. The van der Waals surface area contributed by atoms with Crippen molar-refractivity contribution in [2.45, 2.75) is 57.7 Å². The Morgan fingerprint density at radius 3 is 2.43 bits per heavy atom. The molecule has 6 nitrogen and oxygen atoms in total. The van der Waals surface area contributed by atoms with Gasteiger partial charge in [0, 0.05) is 53.1 Å². The minimum atomic E-state index is 0.0841. The lowest BCUT2D eigenvalue weighted by Gasteiger charge is -2.55. The van der Waals surface area contributed by atoms with E-state index in [1.165, 1.54) is 0 Å². The third kappa shape index (κ3) is 4.24. The minimum absolute atomic E-state index is 0.0841. The van der Waals surface area contributed by atoms with E-state index in [4.69, 9.17) is 11.5 Å².